The van der Waals surface area contributed by atoms with E-state index in [4.69, 9.17) is 4.74 Å². The number of nitrogens with zero attached hydrogens (tertiary/aromatic N) is 2. The summed E-state index contributed by atoms with van der Waals surface area (Å²) in [6.45, 7) is 6.53. The highest BCUT2D eigenvalue weighted by atomic mass is 32.2. The average molecular weight is 395 g/mol. The SMILES string of the molecule is CC1CN(C(=O)C2CCN(C(=O)CSc3ccc(F)cc3)CC2)CC(C)O1. The van der Waals surface area contributed by atoms with Crippen molar-refractivity contribution in [1.29, 1.82) is 0 Å². The van der Waals surface area contributed by atoms with Gasteiger partial charge in [0.15, 0.2) is 0 Å². The summed E-state index contributed by atoms with van der Waals surface area (Å²) in [5.41, 5.74) is 0. The Balaban J connectivity index is 1.44. The lowest BCUT2D eigenvalue weighted by Gasteiger charge is -2.39. The summed E-state index contributed by atoms with van der Waals surface area (Å²) >= 11 is 1.41. The molecule has 0 bridgehead atoms. The van der Waals surface area contributed by atoms with Gasteiger partial charge in [-0.25, -0.2) is 4.39 Å². The quantitative estimate of drug-likeness (QED) is 0.737. The molecule has 2 aliphatic rings. The smallest absolute Gasteiger partial charge is 0.232 e. The molecule has 0 radical (unpaired) electrons. The molecule has 5 nitrogen and oxygen atoms in total. The molecule has 3 rings (SSSR count). The van der Waals surface area contributed by atoms with Crippen molar-refractivity contribution < 1.29 is 18.7 Å². The lowest BCUT2D eigenvalue weighted by atomic mass is 9.94. The molecule has 148 valence electrons. The van der Waals surface area contributed by atoms with Gasteiger partial charge in [0.1, 0.15) is 5.82 Å². The number of carbonyl (C=O) groups is 2. The Morgan fingerprint density at radius 3 is 2.26 bits per heavy atom. The van der Waals surface area contributed by atoms with Crippen molar-refractivity contribution in [2.24, 2.45) is 5.92 Å². The van der Waals surface area contributed by atoms with Crippen LogP contribution in [0.25, 0.3) is 0 Å². The minimum atomic E-state index is -0.276. The normalized spacial score (nSPS) is 24.1. The number of morpholine rings is 1. The zero-order valence-corrected chi connectivity index (χ0v) is 16.7. The zero-order chi connectivity index (χ0) is 19.4. The first kappa shape index (κ1) is 20.1. The summed E-state index contributed by atoms with van der Waals surface area (Å²) in [6, 6.07) is 6.17. The number of thioether (sulfide) groups is 1. The number of rotatable bonds is 4. The molecule has 0 aliphatic carbocycles. The Hall–Kier alpha value is -1.60. The van der Waals surface area contributed by atoms with Crippen molar-refractivity contribution in [3.8, 4) is 0 Å². The molecule has 0 N–H and O–H groups in total. The highest BCUT2D eigenvalue weighted by molar-refractivity contribution is 8.00. The van der Waals surface area contributed by atoms with Crippen molar-refractivity contribution in [2.45, 2.75) is 43.8 Å². The Labute approximate surface area is 164 Å². The number of hydrogen-bond acceptors (Lipinski definition) is 4. The summed E-state index contributed by atoms with van der Waals surface area (Å²) < 4.78 is 18.6. The van der Waals surface area contributed by atoms with Gasteiger partial charge >= 0.3 is 0 Å². The maximum absolute atomic E-state index is 12.9. The fourth-order valence-electron chi connectivity index (χ4n) is 3.76. The molecular formula is C20H27FN2O3S. The standard InChI is InChI=1S/C20H27FN2O3S/c1-14-11-23(12-15(2)26-14)20(25)16-7-9-22(10-8-16)19(24)13-27-18-5-3-17(21)4-6-18/h3-6,14-16H,7-13H2,1-2H3. The average Bonchev–Trinajstić information content (AvgIpc) is 2.66. The maximum atomic E-state index is 12.9. The van der Waals surface area contributed by atoms with Gasteiger partial charge in [-0.2, -0.15) is 0 Å². The van der Waals surface area contributed by atoms with E-state index in [0.29, 0.717) is 44.8 Å². The molecule has 2 amide bonds. The fourth-order valence-corrected chi connectivity index (χ4v) is 4.56. The second kappa shape index (κ2) is 9.06. The fraction of sp³-hybridized carbons (Fsp3) is 0.600. The van der Waals surface area contributed by atoms with Crippen LogP contribution in [0.15, 0.2) is 29.2 Å². The van der Waals surface area contributed by atoms with Crippen LogP contribution in [-0.4, -0.2) is 65.8 Å². The van der Waals surface area contributed by atoms with Gasteiger partial charge in [0.2, 0.25) is 11.8 Å². The molecule has 0 saturated carbocycles. The summed E-state index contributed by atoms with van der Waals surface area (Å²) in [7, 11) is 0. The third kappa shape index (κ3) is 5.45. The van der Waals surface area contributed by atoms with E-state index in [1.807, 2.05) is 23.6 Å². The first-order valence-electron chi connectivity index (χ1n) is 9.52. The maximum Gasteiger partial charge on any atom is 0.232 e. The van der Waals surface area contributed by atoms with Crippen LogP contribution in [0.1, 0.15) is 26.7 Å². The minimum Gasteiger partial charge on any atom is -0.372 e. The number of amides is 2. The summed E-state index contributed by atoms with van der Waals surface area (Å²) in [6.07, 6.45) is 1.57. The van der Waals surface area contributed by atoms with Crippen molar-refractivity contribution in [1.82, 2.24) is 9.80 Å². The van der Waals surface area contributed by atoms with Crippen LogP contribution in [0.3, 0.4) is 0 Å². The number of likely N-dealkylation sites (tertiary alicyclic amines) is 1. The van der Waals surface area contributed by atoms with Crippen LogP contribution in [-0.2, 0) is 14.3 Å². The second-order valence-corrected chi connectivity index (χ2v) is 8.45. The lowest BCUT2D eigenvalue weighted by molar-refractivity contribution is -0.150. The molecule has 7 heteroatoms. The highest BCUT2D eigenvalue weighted by Crippen LogP contribution is 2.24. The monoisotopic (exact) mass is 394 g/mol. The zero-order valence-electron chi connectivity index (χ0n) is 15.9. The molecule has 2 aliphatic heterocycles. The van der Waals surface area contributed by atoms with Crippen LogP contribution in [0, 0.1) is 11.7 Å². The van der Waals surface area contributed by atoms with Crippen LogP contribution in [0.4, 0.5) is 4.39 Å². The van der Waals surface area contributed by atoms with E-state index in [2.05, 4.69) is 0 Å². The van der Waals surface area contributed by atoms with E-state index in [-0.39, 0.29) is 35.8 Å². The molecule has 1 aromatic rings. The molecule has 0 aromatic heterocycles. The van der Waals surface area contributed by atoms with Gasteiger partial charge in [0.25, 0.3) is 0 Å². The molecule has 2 fully saturated rings. The summed E-state index contributed by atoms with van der Waals surface area (Å²) in [4.78, 5) is 29.9. The molecule has 2 heterocycles. The van der Waals surface area contributed by atoms with Crippen molar-refractivity contribution in [3.05, 3.63) is 30.1 Å². The molecule has 0 spiro atoms. The van der Waals surface area contributed by atoms with Crippen molar-refractivity contribution in [2.75, 3.05) is 31.9 Å². The van der Waals surface area contributed by atoms with Gasteiger partial charge in [-0.05, 0) is 51.0 Å². The number of hydrogen-bond donors (Lipinski definition) is 0. The van der Waals surface area contributed by atoms with Crippen LogP contribution >= 0.6 is 11.8 Å². The molecule has 2 unspecified atom stereocenters. The second-order valence-electron chi connectivity index (χ2n) is 7.40. The number of piperidine rings is 1. The molecule has 27 heavy (non-hydrogen) atoms. The van der Waals surface area contributed by atoms with E-state index < -0.39 is 0 Å². The van der Waals surface area contributed by atoms with E-state index in [1.54, 1.807) is 12.1 Å². The predicted molar refractivity (Wildman–Crippen MR) is 103 cm³/mol. The Kier molecular flexibility index (Phi) is 6.76. The van der Waals surface area contributed by atoms with Crippen molar-refractivity contribution >= 4 is 23.6 Å². The summed E-state index contributed by atoms with van der Waals surface area (Å²) in [5.74, 6) is 0.328. The number of ether oxygens (including phenoxy) is 1. The van der Waals surface area contributed by atoms with E-state index in [9.17, 15) is 14.0 Å². The first-order chi connectivity index (χ1) is 12.9. The molecule has 2 saturated heterocycles. The van der Waals surface area contributed by atoms with E-state index >= 15 is 0 Å². The number of carbonyl (C=O) groups excluding carboxylic acids is 2. The lowest BCUT2D eigenvalue weighted by Crippen LogP contribution is -2.52. The number of halogens is 1. The first-order valence-corrected chi connectivity index (χ1v) is 10.5. The number of benzene rings is 1. The third-order valence-corrected chi connectivity index (χ3v) is 6.10. The Bertz CT molecular complexity index is 652. The topological polar surface area (TPSA) is 49.9 Å². The van der Waals surface area contributed by atoms with Crippen LogP contribution in [0.5, 0.6) is 0 Å². The third-order valence-electron chi connectivity index (χ3n) is 5.10. The van der Waals surface area contributed by atoms with Gasteiger partial charge in [0, 0.05) is 37.0 Å². The highest BCUT2D eigenvalue weighted by Gasteiger charge is 2.33. The Morgan fingerprint density at radius 2 is 1.67 bits per heavy atom. The minimum absolute atomic E-state index is 0.00342. The largest absolute Gasteiger partial charge is 0.372 e. The van der Waals surface area contributed by atoms with Crippen LogP contribution in [0.2, 0.25) is 0 Å². The van der Waals surface area contributed by atoms with Gasteiger partial charge in [-0.15, -0.1) is 11.8 Å². The van der Waals surface area contributed by atoms with Gasteiger partial charge in [0.05, 0.1) is 18.0 Å². The molecule has 2 atom stereocenters. The van der Waals surface area contributed by atoms with Crippen molar-refractivity contribution in [3.63, 3.8) is 0 Å². The van der Waals surface area contributed by atoms with Gasteiger partial charge < -0.3 is 14.5 Å². The van der Waals surface area contributed by atoms with Gasteiger partial charge in [-0.1, -0.05) is 0 Å². The van der Waals surface area contributed by atoms with Gasteiger partial charge in [-0.3, -0.25) is 9.59 Å². The van der Waals surface area contributed by atoms with Crippen LogP contribution < -0.4 is 0 Å². The van der Waals surface area contributed by atoms with E-state index in [0.717, 1.165) is 4.90 Å². The predicted octanol–water partition coefficient (Wildman–Crippen LogP) is 2.79. The molecule has 1 aromatic carbocycles. The van der Waals surface area contributed by atoms with E-state index in [1.165, 1.54) is 23.9 Å². The summed E-state index contributed by atoms with van der Waals surface area (Å²) in [5, 5.41) is 0. The molecular weight excluding hydrogens is 367 g/mol. The Morgan fingerprint density at radius 1 is 1.07 bits per heavy atom.